The average molecular weight is 358 g/mol. The van der Waals surface area contributed by atoms with Crippen LogP contribution >= 0.6 is 23.1 Å². The summed E-state index contributed by atoms with van der Waals surface area (Å²) in [7, 11) is 0. The third-order valence-corrected chi connectivity index (χ3v) is 6.15. The predicted octanol–water partition coefficient (Wildman–Crippen LogP) is 4.32. The molecule has 124 valence electrons. The van der Waals surface area contributed by atoms with E-state index < -0.39 is 0 Å². The summed E-state index contributed by atoms with van der Waals surface area (Å²) in [4.78, 5) is 11.7. The lowest BCUT2D eigenvalue weighted by molar-refractivity contribution is 0.344. The van der Waals surface area contributed by atoms with Crippen LogP contribution in [0.25, 0.3) is 10.2 Å². The van der Waals surface area contributed by atoms with Crippen molar-refractivity contribution in [2.75, 3.05) is 18.1 Å². The van der Waals surface area contributed by atoms with Crippen molar-refractivity contribution < 1.29 is 4.74 Å². The summed E-state index contributed by atoms with van der Waals surface area (Å²) < 4.78 is 5.71. The van der Waals surface area contributed by atoms with Crippen LogP contribution < -0.4 is 10.5 Å². The van der Waals surface area contributed by atoms with Crippen LogP contribution in [0.4, 0.5) is 5.82 Å². The van der Waals surface area contributed by atoms with Gasteiger partial charge < -0.3 is 10.5 Å². The highest BCUT2D eigenvalue weighted by molar-refractivity contribution is 7.99. The molecule has 0 spiro atoms. The van der Waals surface area contributed by atoms with Crippen molar-refractivity contribution in [2.24, 2.45) is 0 Å². The maximum Gasteiger partial charge on any atom is 0.191 e. The number of hydrogen-bond donors (Lipinski definition) is 1. The van der Waals surface area contributed by atoms with E-state index in [0.717, 1.165) is 39.7 Å². The SMILES string of the molecule is Nc1nc(SCCOc2ccccc2)nc2sc3c(c12)CCCC3. The number of thioether (sulfide) groups is 1. The van der Waals surface area contributed by atoms with Gasteiger partial charge in [-0.2, -0.15) is 0 Å². The molecule has 0 atom stereocenters. The maximum atomic E-state index is 6.23. The number of benzene rings is 1. The predicted molar refractivity (Wildman–Crippen MR) is 101 cm³/mol. The first-order valence-electron chi connectivity index (χ1n) is 8.19. The van der Waals surface area contributed by atoms with Gasteiger partial charge in [0.25, 0.3) is 0 Å². The number of hydrogen-bond acceptors (Lipinski definition) is 6. The fourth-order valence-electron chi connectivity index (χ4n) is 3.04. The molecule has 2 N–H and O–H groups in total. The number of anilines is 1. The molecule has 1 aliphatic carbocycles. The number of nitrogens with two attached hydrogens (primary N) is 1. The molecule has 4 nitrogen and oxygen atoms in total. The molecular formula is C18H19N3OS2. The zero-order valence-corrected chi connectivity index (χ0v) is 15.0. The first kappa shape index (κ1) is 15.7. The third-order valence-electron chi connectivity index (χ3n) is 4.15. The Hall–Kier alpha value is -1.79. The molecule has 1 aliphatic rings. The van der Waals surface area contributed by atoms with Gasteiger partial charge in [-0.25, -0.2) is 9.97 Å². The highest BCUT2D eigenvalue weighted by atomic mass is 32.2. The van der Waals surface area contributed by atoms with Crippen LogP contribution in [-0.4, -0.2) is 22.3 Å². The highest BCUT2D eigenvalue weighted by Crippen LogP contribution is 2.38. The molecule has 0 radical (unpaired) electrons. The van der Waals surface area contributed by atoms with Crippen molar-refractivity contribution >= 4 is 39.1 Å². The van der Waals surface area contributed by atoms with Crippen molar-refractivity contribution in [3.8, 4) is 5.75 Å². The molecule has 0 saturated heterocycles. The molecule has 2 aromatic heterocycles. The Morgan fingerprint density at radius 3 is 2.83 bits per heavy atom. The summed E-state index contributed by atoms with van der Waals surface area (Å²) in [6, 6.07) is 9.84. The first-order valence-corrected chi connectivity index (χ1v) is 10.00. The second kappa shape index (κ2) is 6.99. The Morgan fingerprint density at radius 1 is 1.12 bits per heavy atom. The van der Waals surface area contributed by atoms with E-state index in [1.165, 1.54) is 23.3 Å². The molecule has 0 amide bonds. The van der Waals surface area contributed by atoms with Crippen LogP contribution in [0, 0.1) is 0 Å². The topological polar surface area (TPSA) is 61.0 Å². The number of nitrogens with zero attached hydrogens (tertiary/aromatic N) is 2. The van der Waals surface area contributed by atoms with E-state index in [4.69, 9.17) is 15.5 Å². The van der Waals surface area contributed by atoms with Crippen molar-refractivity contribution in [1.82, 2.24) is 9.97 Å². The number of aryl methyl sites for hydroxylation is 2. The van der Waals surface area contributed by atoms with Gasteiger partial charge in [-0.1, -0.05) is 30.0 Å². The lowest BCUT2D eigenvalue weighted by Gasteiger charge is -2.10. The Morgan fingerprint density at radius 2 is 1.96 bits per heavy atom. The van der Waals surface area contributed by atoms with E-state index in [9.17, 15) is 0 Å². The van der Waals surface area contributed by atoms with Crippen molar-refractivity contribution in [3.63, 3.8) is 0 Å². The number of fused-ring (bicyclic) bond motifs is 3. The van der Waals surface area contributed by atoms with Crippen LogP contribution in [0.15, 0.2) is 35.5 Å². The Bertz CT molecular complexity index is 848. The lowest BCUT2D eigenvalue weighted by atomic mass is 9.97. The Kier molecular flexibility index (Phi) is 4.58. The summed E-state index contributed by atoms with van der Waals surface area (Å²) >= 11 is 3.38. The number of rotatable bonds is 5. The van der Waals surface area contributed by atoms with E-state index in [-0.39, 0.29) is 0 Å². The molecule has 1 aromatic carbocycles. The lowest BCUT2D eigenvalue weighted by Crippen LogP contribution is -2.03. The van der Waals surface area contributed by atoms with E-state index in [0.29, 0.717) is 12.4 Å². The quantitative estimate of drug-likeness (QED) is 0.418. The van der Waals surface area contributed by atoms with Gasteiger partial charge >= 0.3 is 0 Å². The number of aromatic nitrogens is 2. The molecule has 0 saturated carbocycles. The number of para-hydroxylation sites is 1. The largest absolute Gasteiger partial charge is 0.493 e. The average Bonchev–Trinajstić information content (AvgIpc) is 2.98. The highest BCUT2D eigenvalue weighted by Gasteiger charge is 2.20. The summed E-state index contributed by atoms with van der Waals surface area (Å²) in [6.07, 6.45) is 4.78. The second-order valence-electron chi connectivity index (χ2n) is 5.79. The second-order valence-corrected chi connectivity index (χ2v) is 7.94. The molecule has 0 aliphatic heterocycles. The van der Waals surface area contributed by atoms with Crippen LogP contribution in [0.2, 0.25) is 0 Å². The number of thiophene rings is 1. The maximum absolute atomic E-state index is 6.23. The molecular weight excluding hydrogens is 338 g/mol. The van der Waals surface area contributed by atoms with Crippen molar-refractivity contribution in [3.05, 3.63) is 40.8 Å². The van der Waals surface area contributed by atoms with Crippen LogP contribution in [0.1, 0.15) is 23.3 Å². The number of ether oxygens (including phenoxy) is 1. The van der Waals surface area contributed by atoms with E-state index in [2.05, 4.69) is 4.98 Å². The molecule has 0 bridgehead atoms. The van der Waals surface area contributed by atoms with E-state index in [1.807, 2.05) is 30.3 Å². The minimum absolute atomic E-state index is 0.622. The van der Waals surface area contributed by atoms with E-state index in [1.54, 1.807) is 23.1 Å². The number of nitrogen functional groups attached to an aromatic ring is 1. The molecule has 0 fully saturated rings. The Labute approximate surface area is 149 Å². The summed E-state index contributed by atoms with van der Waals surface area (Å²) in [5, 5.41) is 1.84. The van der Waals surface area contributed by atoms with Gasteiger partial charge in [0.2, 0.25) is 0 Å². The van der Waals surface area contributed by atoms with Gasteiger partial charge in [0.15, 0.2) is 5.16 Å². The minimum atomic E-state index is 0.622. The smallest absolute Gasteiger partial charge is 0.191 e. The monoisotopic (exact) mass is 357 g/mol. The molecule has 3 aromatic rings. The summed E-state index contributed by atoms with van der Waals surface area (Å²) in [5.41, 5.74) is 7.62. The molecule has 4 rings (SSSR count). The van der Waals surface area contributed by atoms with Crippen molar-refractivity contribution in [1.29, 1.82) is 0 Å². The van der Waals surface area contributed by atoms with Crippen molar-refractivity contribution in [2.45, 2.75) is 30.8 Å². The van der Waals surface area contributed by atoms with Crippen LogP contribution in [-0.2, 0) is 12.8 Å². The van der Waals surface area contributed by atoms with Gasteiger partial charge in [-0.15, -0.1) is 11.3 Å². The van der Waals surface area contributed by atoms with E-state index >= 15 is 0 Å². The zero-order valence-electron chi connectivity index (χ0n) is 13.3. The van der Waals surface area contributed by atoms with Gasteiger partial charge in [0, 0.05) is 10.6 Å². The van der Waals surface area contributed by atoms with Gasteiger partial charge in [-0.3, -0.25) is 0 Å². The molecule has 0 unspecified atom stereocenters. The van der Waals surface area contributed by atoms with Gasteiger partial charge in [0.1, 0.15) is 16.4 Å². The van der Waals surface area contributed by atoms with Crippen LogP contribution in [0.3, 0.4) is 0 Å². The minimum Gasteiger partial charge on any atom is -0.493 e. The Balaban J connectivity index is 1.45. The summed E-state index contributed by atoms with van der Waals surface area (Å²) in [5.74, 6) is 2.32. The fraction of sp³-hybridized carbons (Fsp3) is 0.333. The standard InChI is InChI=1S/C18H19N3OS2/c19-16-15-13-8-4-5-9-14(13)24-17(15)21-18(20-16)23-11-10-22-12-6-2-1-3-7-12/h1-3,6-7H,4-5,8-11H2,(H2,19,20,21). The fourth-order valence-corrected chi connectivity index (χ4v) is 5.03. The molecule has 2 heterocycles. The van der Waals surface area contributed by atoms with Gasteiger partial charge in [0.05, 0.1) is 12.0 Å². The summed E-state index contributed by atoms with van der Waals surface area (Å²) in [6.45, 7) is 0.622. The van der Waals surface area contributed by atoms with Crippen LogP contribution in [0.5, 0.6) is 5.75 Å². The molecule has 6 heteroatoms. The van der Waals surface area contributed by atoms with Gasteiger partial charge in [-0.05, 0) is 43.4 Å². The first-order chi connectivity index (χ1) is 11.8. The zero-order chi connectivity index (χ0) is 16.4. The normalized spacial score (nSPS) is 13.8. The third kappa shape index (κ3) is 3.21. The molecule has 24 heavy (non-hydrogen) atoms.